The number of ether oxygens (including phenoxy) is 2. The molecule has 3 amide bonds. The molecule has 1 aliphatic carbocycles. The molecule has 7 heteroatoms. The maximum absolute atomic E-state index is 12.1. The Balaban J connectivity index is 1.40. The number of carbonyl (C=O) groups is 2. The second-order valence-corrected chi connectivity index (χ2v) is 6.93. The minimum absolute atomic E-state index is 0.0184. The molecule has 2 atom stereocenters. The van der Waals surface area contributed by atoms with Crippen molar-refractivity contribution in [3.8, 4) is 5.75 Å². The lowest BCUT2D eigenvalue weighted by Gasteiger charge is -2.09. The highest BCUT2D eigenvalue weighted by atomic mass is 16.5. The Morgan fingerprint density at radius 2 is 1.72 bits per heavy atom. The van der Waals surface area contributed by atoms with E-state index >= 15 is 0 Å². The first kappa shape index (κ1) is 20.7. The molecule has 2 unspecified atom stereocenters. The van der Waals surface area contributed by atoms with Crippen LogP contribution in [0, 0.1) is 0 Å². The molecule has 1 aliphatic rings. The molecule has 0 bridgehead atoms. The Bertz CT molecular complexity index is 821. The highest BCUT2D eigenvalue weighted by Crippen LogP contribution is 2.25. The molecule has 2 aromatic carbocycles. The van der Waals surface area contributed by atoms with Crippen LogP contribution in [0.25, 0.3) is 0 Å². The third kappa shape index (κ3) is 6.50. The summed E-state index contributed by atoms with van der Waals surface area (Å²) in [7, 11) is 1.61. The number of hydrogen-bond acceptors (Lipinski definition) is 4. The van der Waals surface area contributed by atoms with Gasteiger partial charge in [0.05, 0.1) is 25.7 Å². The number of methoxy groups -OCH3 is 1. The number of hydrogen-bond donors (Lipinski definition) is 3. The highest BCUT2D eigenvalue weighted by Gasteiger charge is 2.38. The minimum atomic E-state index is -0.290. The summed E-state index contributed by atoms with van der Waals surface area (Å²) in [5.41, 5.74) is 2.53. The van der Waals surface area contributed by atoms with E-state index in [1.807, 2.05) is 43.3 Å². The Hall–Kier alpha value is -3.06. The number of urea groups is 1. The summed E-state index contributed by atoms with van der Waals surface area (Å²) >= 11 is 0. The second-order valence-electron chi connectivity index (χ2n) is 6.93. The van der Waals surface area contributed by atoms with Crippen molar-refractivity contribution in [3.63, 3.8) is 0 Å². The molecule has 2 aromatic rings. The van der Waals surface area contributed by atoms with Gasteiger partial charge in [0, 0.05) is 18.8 Å². The van der Waals surface area contributed by atoms with E-state index in [9.17, 15) is 9.59 Å². The summed E-state index contributed by atoms with van der Waals surface area (Å²) in [5, 5.41) is 8.57. The van der Waals surface area contributed by atoms with E-state index in [0.29, 0.717) is 25.3 Å². The molecular formula is C22H27N3O4. The maximum Gasteiger partial charge on any atom is 0.319 e. The minimum Gasteiger partial charge on any atom is -0.497 e. The number of carbonyl (C=O) groups excluding carboxylic acids is 2. The molecule has 1 saturated carbocycles. The van der Waals surface area contributed by atoms with Gasteiger partial charge in [-0.05, 0) is 48.7 Å². The number of anilines is 1. The molecule has 0 aromatic heterocycles. The SMILES string of the molecule is CCOC1CC1NC(=O)Cc1ccc(NC(=O)NCc2ccc(OC)cc2)cc1. The average molecular weight is 397 g/mol. The predicted octanol–water partition coefficient (Wildman–Crippen LogP) is 2.85. The Morgan fingerprint density at radius 1 is 1.03 bits per heavy atom. The van der Waals surface area contributed by atoms with Crippen LogP contribution in [0.3, 0.4) is 0 Å². The molecule has 0 saturated heterocycles. The normalized spacial score (nSPS) is 17.3. The van der Waals surface area contributed by atoms with Crippen molar-refractivity contribution in [1.29, 1.82) is 0 Å². The Kier molecular flexibility index (Phi) is 7.08. The smallest absolute Gasteiger partial charge is 0.319 e. The first-order chi connectivity index (χ1) is 14.1. The van der Waals surface area contributed by atoms with Crippen LogP contribution in [0.1, 0.15) is 24.5 Å². The summed E-state index contributed by atoms with van der Waals surface area (Å²) in [6, 6.07) is 14.6. The van der Waals surface area contributed by atoms with E-state index in [-0.39, 0.29) is 24.1 Å². The summed E-state index contributed by atoms with van der Waals surface area (Å²) in [5.74, 6) is 0.758. The fourth-order valence-corrected chi connectivity index (χ4v) is 2.97. The zero-order valence-electron chi connectivity index (χ0n) is 16.7. The lowest BCUT2D eigenvalue weighted by Crippen LogP contribution is -2.29. The van der Waals surface area contributed by atoms with Crippen molar-refractivity contribution < 1.29 is 19.1 Å². The second kappa shape index (κ2) is 9.93. The van der Waals surface area contributed by atoms with Gasteiger partial charge in [-0.3, -0.25) is 4.79 Å². The molecular weight excluding hydrogens is 370 g/mol. The molecule has 3 N–H and O–H groups in total. The number of nitrogens with one attached hydrogen (secondary N) is 3. The maximum atomic E-state index is 12.1. The van der Waals surface area contributed by atoms with E-state index in [1.165, 1.54) is 0 Å². The molecule has 0 aliphatic heterocycles. The molecule has 0 spiro atoms. The molecule has 0 heterocycles. The zero-order valence-corrected chi connectivity index (χ0v) is 16.7. The largest absolute Gasteiger partial charge is 0.497 e. The van der Waals surface area contributed by atoms with Gasteiger partial charge in [-0.1, -0.05) is 24.3 Å². The fourth-order valence-electron chi connectivity index (χ4n) is 2.97. The Morgan fingerprint density at radius 3 is 2.38 bits per heavy atom. The first-order valence-corrected chi connectivity index (χ1v) is 9.75. The monoisotopic (exact) mass is 397 g/mol. The standard InChI is InChI=1S/C22H27N3O4/c1-3-29-20-13-19(20)25-21(26)12-15-4-8-17(9-5-15)24-22(27)23-14-16-6-10-18(28-2)11-7-16/h4-11,19-20H,3,12-14H2,1-2H3,(H,25,26)(H2,23,24,27). The van der Waals surface area contributed by atoms with Crippen molar-refractivity contribution >= 4 is 17.6 Å². The number of rotatable bonds is 9. The van der Waals surface area contributed by atoms with Crippen LogP contribution in [-0.2, 0) is 22.5 Å². The van der Waals surface area contributed by atoms with Crippen LogP contribution in [0.2, 0.25) is 0 Å². The summed E-state index contributed by atoms with van der Waals surface area (Å²) in [6.07, 6.45) is 1.35. The summed E-state index contributed by atoms with van der Waals surface area (Å²) < 4.78 is 10.6. The predicted molar refractivity (Wildman–Crippen MR) is 111 cm³/mol. The third-order valence-electron chi connectivity index (χ3n) is 4.65. The van der Waals surface area contributed by atoms with E-state index in [0.717, 1.165) is 23.3 Å². The lowest BCUT2D eigenvalue weighted by atomic mass is 10.1. The van der Waals surface area contributed by atoms with Crippen LogP contribution in [-0.4, -0.2) is 37.8 Å². The van der Waals surface area contributed by atoms with Crippen LogP contribution >= 0.6 is 0 Å². The third-order valence-corrected chi connectivity index (χ3v) is 4.65. The van der Waals surface area contributed by atoms with Gasteiger partial charge in [-0.15, -0.1) is 0 Å². The van der Waals surface area contributed by atoms with E-state index in [4.69, 9.17) is 9.47 Å². The van der Waals surface area contributed by atoms with E-state index in [1.54, 1.807) is 19.2 Å². The molecule has 3 rings (SSSR count). The van der Waals surface area contributed by atoms with Gasteiger partial charge in [-0.25, -0.2) is 4.79 Å². The molecule has 154 valence electrons. The van der Waals surface area contributed by atoms with Crippen molar-refractivity contribution in [2.75, 3.05) is 19.0 Å². The molecule has 0 radical (unpaired) electrons. The van der Waals surface area contributed by atoms with Crippen LogP contribution < -0.4 is 20.7 Å². The van der Waals surface area contributed by atoms with Crippen molar-refractivity contribution in [2.45, 2.75) is 38.5 Å². The summed E-state index contributed by atoms with van der Waals surface area (Å²) in [6.45, 7) is 3.03. The van der Waals surface area contributed by atoms with E-state index < -0.39 is 0 Å². The van der Waals surface area contributed by atoms with Crippen LogP contribution in [0.4, 0.5) is 10.5 Å². The van der Waals surface area contributed by atoms with E-state index in [2.05, 4.69) is 16.0 Å². The summed E-state index contributed by atoms with van der Waals surface area (Å²) in [4.78, 5) is 24.1. The molecule has 1 fully saturated rings. The quantitative estimate of drug-likeness (QED) is 0.607. The molecule has 7 nitrogen and oxygen atoms in total. The molecule has 29 heavy (non-hydrogen) atoms. The van der Waals surface area contributed by atoms with Crippen LogP contribution in [0.5, 0.6) is 5.75 Å². The van der Waals surface area contributed by atoms with Gasteiger partial charge in [0.25, 0.3) is 0 Å². The zero-order chi connectivity index (χ0) is 20.6. The van der Waals surface area contributed by atoms with Gasteiger partial charge < -0.3 is 25.4 Å². The van der Waals surface area contributed by atoms with Gasteiger partial charge in [0.15, 0.2) is 0 Å². The van der Waals surface area contributed by atoms with Gasteiger partial charge in [0.2, 0.25) is 5.91 Å². The Labute approximate surface area is 170 Å². The number of benzene rings is 2. The highest BCUT2D eigenvalue weighted by molar-refractivity contribution is 5.89. The average Bonchev–Trinajstić information content (AvgIpc) is 3.45. The lowest BCUT2D eigenvalue weighted by molar-refractivity contribution is -0.120. The van der Waals surface area contributed by atoms with Crippen molar-refractivity contribution in [1.82, 2.24) is 10.6 Å². The van der Waals surface area contributed by atoms with Gasteiger partial charge >= 0.3 is 6.03 Å². The fraction of sp³-hybridized carbons (Fsp3) is 0.364. The number of amides is 3. The van der Waals surface area contributed by atoms with Crippen LogP contribution in [0.15, 0.2) is 48.5 Å². The van der Waals surface area contributed by atoms with Crippen molar-refractivity contribution in [3.05, 3.63) is 59.7 Å². The van der Waals surface area contributed by atoms with Gasteiger partial charge in [0.1, 0.15) is 5.75 Å². The first-order valence-electron chi connectivity index (χ1n) is 9.75. The van der Waals surface area contributed by atoms with Crippen molar-refractivity contribution in [2.24, 2.45) is 0 Å². The van der Waals surface area contributed by atoms with Gasteiger partial charge in [-0.2, -0.15) is 0 Å². The topological polar surface area (TPSA) is 88.7 Å².